The monoisotopic (exact) mass is 829 g/mol. The van der Waals surface area contributed by atoms with E-state index in [4.69, 9.17) is 10.8 Å². The van der Waals surface area contributed by atoms with E-state index in [0.29, 0.717) is 32.5 Å². The lowest BCUT2D eigenvalue weighted by Crippen LogP contribution is -2.43. The molecule has 1 aliphatic carbocycles. The van der Waals surface area contributed by atoms with Crippen LogP contribution >= 0.6 is 67.8 Å². The molecular weight excluding hydrogens is 791 g/mol. The van der Waals surface area contributed by atoms with Crippen molar-refractivity contribution in [3.63, 3.8) is 0 Å². The van der Waals surface area contributed by atoms with Crippen molar-refractivity contribution in [2.75, 3.05) is 26.2 Å². The molecule has 9 nitrogen and oxygen atoms in total. The summed E-state index contributed by atoms with van der Waals surface area (Å²) in [6.07, 6.45) is 6.22. The Kier molecular flexibility index (Phi) is 16.5. The first kappa shape index (κ1) is 33.0. The van der Waals surface area contributed by atoms with E-state index in [2.05, 4.69) is 96.0 Å². The molecule has 3 atom stereocenters. The number of hydrogen-bond donors (Lipinski definition) is 6. The maximum atomic E-state index is 12.7. The first-order valence-corrected chi connectivity index (χ1v) is 15.2. The molecule has 3 unspecified atom stereocenters. The molecule has 12 heteroatoms. The molecule has 35 heavy (non-hydrogen) atoms. The van der Waals surface area contributed by atoms with Gasteiger partial charge in [0.1, 0.15) is 0 Å². The molecule has 1 aliphatic rings. The van der Waals surface area contributed by atoms with Crippen LogP contribution in [0.15, 0.2) is 18.9 Å². The second-order valence-corrected chi connectivity index (χ2v) is 12.9. The summed E-state index contributed by atoms with van der Waals surface area (Å²) in [5.41, 5.74) is 6.48. The summed E-state index contributed by atoms with van der Waals surface area (Å²) in [6, 6.07) is 0. The van der Waals surface area contributed by atoms with Crippen LogP contribution in [0.5, 0.6) is 0 Å². The largest absolute Gasteiger partial charge is 0.481 e. The Balaban J connectivity index is 2.39. The molecule has 0 fully saturated rings. The van der Waals surface area contributed by atoms with Gasteiger partial charge in [-0.15, -0.1) is 0 Å². The highest BCUT2D eigenvalue weighted by atomic mass is 127. The van der Waals surface area contributed by atoms with E-state index in [-0.39, 0.29) is 40.3 Å². The van der Waals surface area contributed by atoms with Gasteiger partial charge in [-0.2, -0.15) is 0 Å². The van der Waals surface area contributed by atoms with E-state index in [0.717, 1.165) is 38.5 Å². The highest BCUT2D eigenvalue weighted by Crippen LogP contribution is 2.51. The number of nitrogens with two attached hydrogens (primary N) is 1. The summed E-state index contributed by atoms with van der Waals surface area (Å²) in [7, 11) is 0. The number of nitrogens with one attached hydrogen (secondary N) is 4. The van der Waals surface area contributed by atoms with Crippen molar-refractivity contribution < 1.29 is 19.5 Å². The Morgan fingerprint density at radius 2 is 1.83 bits per heavy atom. The van der Waals surface area contributed by atoms with Gasteiger partial charge in [0, 0.05) is 47.7 Å². The van der Waals surface area contributed by atoms with E-state index in [1.807, 2.05) is 13.0 Å². The van der Waals surface area contributed by atoms with Crippen LogP contribution in [0.25, 0.3) is 0 Å². The molecule has 0 heterocycles. The average molecular weight is 829 g/mol. The van der Waals surface area contributed by atoms with Crippen LogP contribution in [0.4, 0.5) is 0 Å². The molecule has 200 valence electrons. The third kappa shape index (κ3) is 12.4. The first-order valence-electron chi connectivity index (χ1n) is 12.0. The molecule has 0 aromatic rings. The van der Waals surface area contributed by atoms with Crippen molar-refractivity contribution in [3.05, 3.63) is 18.9 Å². The number of carbonyl (C=O) groups is 3. The molecule has 0 spiro atoms. The molecule has 0 bridgehead atoms. The highest BCUT2D eigenvalue weighted by Gasteiger charge is 2.44. The Hall–Kier alpha value is -0.0400. The fraction of sp³-hybridized carbons (Fsp3) is 0.696. The highest BCUT2D eigenvalue weighted by molar-refractivity contribution is 14.1. The van der Waals surface area contributed by atoms with Crippen molar-refractivity contribution in [1.29, 1.82) is 0 Å². The van der Waals surface area contributed by atoms with Crippen LogP contribution in [0.3, 0.4) is 0 Å². The maximum Gasteiger partial charge on any atom is 0.303 e. The molecule has 0 aromatic carbocycles. The SMILES string of the molecule is CCC1(I)C(NC(=O)CCCCCNC(=O)CNCCNC(C)N)=C(I)C=C(I)C1CCC(=O)O. The third-order valence-corrected chi connectivity index (χ3v) is 9.65. The Morgan fingerprint density at radius 1 is 1.11 bits per heavy atom. The topological polar surface area (TPSA) is 146 Å². The van der Waals surface area contributed by atoms with Crippen LogP contribution < -0.4 is 27.0 Å². The molecule has 2 amide bonds. The predicted octanol–water partition coefficient (Wildman–Crippen LogP) is 3.31. The maximum absolute atomic E-state index is 12.7. The minimum Gasteiger partial charge on any atom is -0.481 e. The van der Waals surface area contributed by atoms with Gasteiger partial charge < -0.3 is 32.1 Å². The van der Waals surface area contributed by atoms with E-state index in [1.165, 1.54) is 0 Å². The number of carboxylic acid groups (broad SMARTS) is 1. The summed E-state index contributed by atoms with van der Waals surface area (Å²) in [5.74, 6) is -0.821. The van der Waals surface area contributed by atoms with Gasteiger partial charge in [0.15, 0.2) is 0 Å². The zero-order valence-corrected chi connectivity index (χ0v) is 26.9. The second-order valence-electron chi connectivity index (χ2n) is 8.58. The molecule has 0 radical (unpaired) electrons. The van der Waals surface area contributed by atoms with Crippen LogP contribution in [0, 0.1) is 5.92 Å². The quantitative estimate of drug-likeness (QED) is 0.0572. The van der Waals surface area contributed by atoms with E-state index >= 15 is 0 Å². The number of alkyl halides is 1. The van der Waals surface area contributed by atoms with Crippen molar-refractivity contribution in [3.8, 4) is 0 Å². The number of halogens is 3. The van der Waals surface area contributed by atoms with Gasteiger partial charge in [-0.25, -0.2) is 0 Å². The Labute approximate surface area is 249 Å². The minimum absolute atomic E-state index is 0.0282. The van der Waals surface area contributed by atoms with Gasteiger partial charge in [-0.1, -0.05) is 35.9 Å². The van der Waals surface area contributed by atoms with E-state index < -0.39 is 5.97 Å². The van der Waals surface area contributed by atoms with Gasteiger partial charge in [-0.3, -0.25) is 14.4 Å². The van der Waals surface area contributed by atoms with Crippen LogP contribution in [0.2, 0.25) is 0 Å². The standard InChI is InChI=1S/C23H38I3N5O4/c1-3-23(26)16(8-9-21(34)35)17(24)13-18(25)22(23)31-19(32)7-5-4-6-10-30-20(33)14-28-11-12-29-15(2)27/h13,15-16,28-29H,3-12,14,27H2,1-2H3,(H,30,33)(H,31,32)(H,34,35). The molecule has 1 rings (SSSR count). The lowest BCUT2D eigenvalue weighted by molar-refractivity contribution is -0.137. The van der Waals surface area contributed by atoms with Gasteiger partial charge in [-0.05, 0) is 87.4 Å². The summed E-state index contributed by atoms with van der Waals surface area (Å²) >= 11 is 6.95. The first-order chi connectivity index (χ1) is 16.5. The molecular formula is C23H38I3N5O4. The number of rotatable bonds is 17. The number of aliphatic carboxylic acids is 1. The zero-order valence-electron chi connectivity index (χ0n) is 20.4. The number of carboxylic acids is 1. The molecule has 0 saturated heterocycles. The van der Waals surface area contributed by atoms with Crippen molar-refractivity contribution >= 4 is 85.6 Å². The van der Waals surface area contributed by atoms with Crippen LogP contribution in [0.1, 0.15) is 58.8 Å². The minimum atomic E-state index is -0.805. The molecule has 0 saturated carbocycles. The predicted molar refractivity (Wildman–Crippen MR) is 165 cm³/mol. The van der Waals surface area contributed by atoms with E-state index in [9.17, 15) is 14.4 Å². The lowest BCUT2D eigenvalue weighted by Gasteiger charge is -2.40. The zero-order chi connectivity index (χ0) is 26.4. The number of carbonyl (C=O) groups excluding carboxylic acids is 2. The molecule has 7 N–H and O–H groups in total. The summed E-state index contributed by atoms with van der Waals surface area (Å²) in [4.78, 5) is 35.7. The molecule has 0 aliphatic heterocycles. The normalized spacial score (nSPS) is 20.9. The summed E-state index contributed by atoms with van der Waals surface area (Å²) in [6.45, 7) is 6.18. The van der Waals surface area contributed by atoms with Crippen molar-refractivity contribution in [2.45, 2.75) is 68.4 Å². The third-order valence-electron chi connectivity index (χ3n) is 5.69. The van der Waals surface area contributed by atoms with Crippen LogP contribution in [-0.4, -0.2) is 58.7 Å². The number of unbranched alkanes of at least 4 members (excludes halogenated alkanes) is 2. The average Bonchev–Trinajstić information content (AvgIpc) is 2.78. The number of amides is 2. The van der Waals surface area contributed by atoms with Crippen molar-refractivity contribution in [1.82, 2.24) is 21.3 Å². The van der Waals surface area contributed by atoms with Gasteiger partial charge in [0.05, 0.1) is 16.1 Å². The van der Waals surface area contributed by atoms with E-state index in [1.54, 1.807) is 0 Å². The van der Waals surface area contributed by atoms with Crippen molar-refractivity contribution in [2.24, 2.45) is 11.7 Å². The Bertz CT molecular complexity index is 791. The Morgan fingerprint density at radius 3 is 2.46 bits per heavy atom. The lowest BCUT2D eigenvalue weighted by atomic mass is 9.80. The number of allylic oxidation sites excluding steroid dienone is 4. The summed E-state index contributed by atoms with van der Waals surface area (Å²) in [5, 5.41) is 21.3. The van der Waals surface area contributed by atoms with Gasteiger partial charge in [0.2, 0.25) is 11.8 Å². The van der Waals surface area contributed by atoms with Crippen LogP contribution in [-0.2, 0) is 14.4 Å². The molecule has 0 aromatic heterocycles. The fourth-order valence-corrected chi connectivity index (χ4v) is 8.66. The van der Waals surface area contributed by atoms with Gasteiger partial charge >= 0.3 is 5.97 Å². The summed E-state index contributed by atoms with van der Waals surface area (Å²) < 4.78 is 1.77. The second kappa shape index (κ2) is 17.5. The van der Waals surface area contributed by atoms with Gasteiger partial charge in [0.25, 0.3) is 0 Å². The number of hydrogen-bond acceptors (Lipinski definition) is 6. The smallest absolute Gasteiger partial charge is 0.303 e. The fourth-order valence-electron chi connectivity index (χ4n) is 3.78.